The molecule has 0 bridgehead atoms. The second kappa shape index (κ2) is 2.21. The lowest BCUT2D eigenvalue weighted by Gasteiger charge is -2.08. The summed E-state index contributed by atoms with van der Waals surface area (Å²) in [6.45, 7) is 6.60. The van der Waals surface area contributed by atoms with Crippen molar-refractivity contribution in [3.05, 3.63) is 0 Å². The molecule has 7 heavy (non-hydrogen) atoms. The standard InChI is InChI=1S/C4H12N2Si/c1-7(2,3)4-6-5/h5H,4H2,1-3H3. The fourth-order valence-electron chi connectivity index (χ4n) is 0.237. The number of nitrogens with one attached hydrogen (secondary N) is 1. The van der Waals surface area contributed by atoms with Crippen molar-refractivity contribution in [3.8, 4) is 0 Å². The van der Waals surface area contributed by atoms with E-state index in [1.165, 1.54) is 0 Å². The van der Waals surface area contributed by atoms with Crippen LogP contribution in [0.1, 0.15) is 0 Å². The Bertz CT molecular complexity index is 64.6. The molecule has 0 atom stereocenters. The maximum absolute atomic E-state index is 6.52. The van der Waals surface area contributed by atoms with Crippen LogP contribution in [0.5, 0.6) is 0 Å². The van der Waals surface area contributed by atoms with Crippen molar-refractivity contribution in [2.75, 3.05) is 6.17 Å². The van der Waals surface area contributed by atoms with Crippen LogP contribution in [-0.4, -0.2) is 14.2 Å². The van der Waals surface area contributed by atoms with Crippen molar-refractivity contribution in [3.63, 3.8) is 0 Å². The molecular weight excluding hydrogens is 104 g/mol. The van der Waals surface area contributed by atoms with Crippen LogP contribution in [0.25, 0.3) is 0 Å². The lowest BCUT2D eigenvalue weighted by Crippen LogP contribution is -2.24. The molecule has 0 aromatic heterocycles. The molecule has 0 aliphatic carbocycles. The lowest BCUT2D eigenvalue weighted by molar-refractivity contribution is 1.03. The van der Waals surface area contributed by atoms with Gasteiger partial charge in [0.15, 0.2) is 0 Å². The minimum atomic E-state index is -1.01. The summed E-state index contributed by atoms with van der Waals surface area (Å²) >= 11 is 0. The Kier molecular flexibility index (Phi) is 2.15. The molecule has 0 aliphatic rings. The highest BCUT2D eigenvalue weighted by Crippen LogP contribution is 1.98. The summed E-state index contributed by atoms with van der Waals surface area (Å²) in [5, 5.41) is 3.32. The van der Waals surface area contributed by atoms with E-state index in [0.29, 0.717) is 0 Å². The first-order chi connectivity index (χ1) is 3.06. The third-order valence-corrected chi connectivity index (χ3v) is 1.66. The van der Waals surface area contributed by atoms with E-state index in [1.54, 1.807) is 0 Å². The molecule has 0 heterocycles. The van der Waals surface area contributed by atoms with Crippen molar-refractivity contribution in [2.45, 2.75) is 19.6 Å². The minimum absolute atomic E-state index is 0.771. The van der Waals surface area contributed by atoms with Gasteiger partial charge in [0.2, 0.25) is 0 Å². The van der Waals surface area contributed by atoms with E-state index in [9.17, 15) is 0 Å². The Morgan fingerprint density at radius 3 is 1.86 bits per heavy atom. The topological polar surface area (TPSA) is 36.2 Å². The van der Waals surface area contributed by atoms with Crippen LogP contribution < -0.4 is 0 Å². The lowest BCUT2D eigenvalue weighted by atomic mass is 11.5. The van der Waals surface area contributed by atoms with Crippen LogP contribution in [0.3, 0.4) is 0 Å². The van der Waals surface area contributed by atoms with Gasteiger partial charge in [-0.05, 0) is 0 Å². The van der Waals surface area contributed by atoms with Gasteiger partial charge < -0.3 is 0 Å². The third-order valence-electron chi connectivity index (χ3n) is 0.553. The van der Waals surface area contributed by atoms with Crippen molar-refractivity contribution in [2.24, 2.45) is 5.11 Å². The van der Waals surface area contributed by atoms with E-state index in [-0.39, 0.29) is 0 Å². The summed E-state index contributed by atoms with van der Waals surface area (Å²) in [7, 11) is -1.01. The first-order valence-electron chi connectivity index (χ1n) is 2.39. The van der Waals surface area contributed by atoms with Crippen LogP contribution in [0.4, 0.5) is 0 Å². The monoisotopic (exact) mass is 116 g/mol. The van der Waals surface area contributed by atoms with Gasteiger partial charge in [-0.1, -0.05) is 19.6 Å². The van der Waals surface area contributed by atoms with E-state index in [0.717, 1.165) is 6.17 Å². The van der Waals surface area contributed by atoms with Crippen LogP contribution in [-0.2, 0) is 0 Å². The summed E-state index contributed by atoms with van der Waals surface area (Å²) in [6, 6.07) is 0. The zero-order chi connectivity index (χ0) is 5.91. The average molecular weight is 116 g/mol. The van der Waals surface area contributed by atoms with E-state index in [1.807, 2.05) is 0 Å². The van der Waals surface area contributed by atoms with E-state index in [4.69, 9.17) is 5.53 Å². The van der Waals surface area contributed by atoms with Crippen molar-refractivity contribution in [1.82, 2.24) is 0 Å². The van der Waals surface area contributed by atoms with Gasteiger partial charge in [0.1, 0.15) is 0 Å². The molecule has 0 aromatic carbocycles. The molecule has 0 amide bonds. The number of hydrogen-bond donors (Lipinski definition) is 1. The van der Waals surface area contributed by atoms with Crippen LogP contribution >= 0.6 is 0 Å². The van der Waals surface area contributed by atoms with Gasteiger partial charge >= 0.3 is 0 Å². The Labute approximate surface area is 45.5 Å². The second-order valence-corrected chi connectivity index (χ2v) is 8.31. The summed E-state index contributed by atoms with van der Waals surface area (Å²) < 4.78 is 0. The summed E-state index contributed by atoms with van der Waals surface area (Å²) in [6.07, 6.45) is 0.771. The second-order valence-electron chi connectivity index (χ2n) is 2.88. The quantitative estimate of drug-likeness (QED) is 0.422. The Balaban J connectivity index is 3.34. The smallest absolute Gasteiger partial charge is 0.0716 e. The van der Waals surface area contributed by atoms with Gasteiger partial charge in [-0.15, -0.1) is 0 Å². The van der Waals surface area contributed by atoms with E-state index >= 15 is 0 Å². The highest BCUT2D eigenvalue weighted by molar-refractivity contribution is 6.76. The molecule has 2 nitrogen and oxygen atoms in total. The summed E-state index contributed by atoms with van der Waals surface area (Å²) in [4.78, 5) is 0. The molecule has 0 fully saturated rings. The zero-order valence-corrected chi connectivity index (χ0v) is 6.15. The van der Waals surface area contributed by atoms with Gasteiger partial charge in [-0.2, -0.15) is 0 Å². The Hall–Kier alpha value is -0.183. The molecule has 0 aliphatic heterocycles. The van der Waals surface area contributed by atoms with Gasteiger partial charge in [-0.3, -0.25) is 0 Å². The molecule has 0 saturated carbocycles. The van der Waals surface area contributed by atoms with Crippen LogP contribution in [0, 0.1) is 5.53 Å². The first-order valence-corrected chi connectivity index (χ1v) is 6.10. The van der Waals surface area contributed by atoms with Gasteiger partial charge in [0.25, 0.3) is 0 Å². The normalized spacial score (nSPS) is 11.3. The molecule has 0 unspecified atom stereocenters. The highest BCUT2D eigenvalue weighted by atomic mass is 28.3. The summed E-state index contributed by atoms with van der Waals surface area (Å²) in [5.74, 6) is 0. The van der Waals surface area contributed by atoms with E-state index in [2.05, 4.69) is 24.8 Å². The summed E-state index contributed by atoms with van der Waals surface area (Å²) in [5.41, 5.74) is 6.52. The largest absolute Gasteiger partial charge is 0.210 e. The predicted octanol–water partition coefficient (Wildman–Crippen LogP) is 1.89. The zero-order valence-electron chi connectivity index (χ0n) is 5.15. The average Bonchev–Trinajstić information content (AvgIpc) is 1.30. The first kappa shape index (κ1) is 6.82. The van der Waals surface area contributed by atoms with Gasteiger partial charge in [0.05, 0.1) is 14.2 Å². The molecule has 0 saturated heterocycles. The maximum Gasteiger partial charge on any atom is 0.0716 e. The molecule has 0 aromatic rings. The molecule has 0 spiro atoms. The molecule has 0 rings (SSSR count). The van der Waals surface area contributed by atoms with Crippen LogP contribution in [0.15, 0.2) is 5.11 Å². The molecule has 42 valence electrons. The molecule has 0 radical (unpaired) electrons. The molecular formula is C4H12N2Si. The Morgan fingerprint density at radius 2 is 1.86 bits per heavy atom. The third kappa shape index (κ3) is 5.82. The van der Waals surface area contributed by atoms with Crippen molar-refractivity contribution in [1.29, 1.82) is 5.53 Å². The van der Waals surface area contributed by atoms with E-state index < -0.39 is 8.07 Å². The number of hydrogen-bond acceptors (Lipinski definition) is 2. The highest BCUT2D eigenvalue weighted by Gasteiger charge is 2.10. The SMILES string of the molecule is C[Si](C)(C)CN=N. The fourth-order valence-corrected chi connectivity index (χ4v) is 0.712. The molecule has 1 N–H and O–H groups in total. The Morgan fingerprint density at radius 1 is 1.43 bits per heavy atom. The molecule has 3 heteroatoms. The number of nitrogens with zero attached hydrogens (tertiary/aromatic N) is 1. The minimum Gasteiger partial charge on any atom is -0.210 e. The van der Waals surface area contributed by atoms with Gasteiger partial charge in [0, 0.05) is 0 Å². The maximum atomic E-state index is 6.52. The fraction of sp³-hybridized carbons (Fsp3) is 1.00. The predicted molar refractivity (Wildman–Crippen MR) is 33.4 cm³/mol. The van der Waals surface area contributed by atoms with Gasteiger partial charge in [-0.25, -0.2) is 10.6 Å². The van der Waals surface area contributed by atoms with Crippen LogP contribution in [0.2, 0.25) is 19.6 Å². The van der Waals surface area contributed by atoms with Crippen molar-refractivity contribution < 1.29 is 0 Å². The van der Waals surface area contributed by atoms with Crippen molar-refractivity contribution >= 4 is 8.07 Å². The number of rotatable bonds is 2.